The molecule has 13 heavy (non-hydrogen) atoms. The molecule has 1 aromatic heterocycles. The summed E-state index contributed by atoms with van der Waals surface area (Å²) >= 11 is 3.17. The first-order chi connectivity index (χ1) is 6.18. The van der Waals surface area contributed by atoms with E-state index in [0.717, 1.165) is 0 Å². The van der Waals surface area contributed by atoms with Crippen molar-refractivity contribution in [3.8, 4) is 0 Å². The first-order valence-electron chi connectivity index (χ1n) is 3.61. The molecule has 0 aliphatic heterocycles. The second-order valence-corrected chi connectivity index (χ2v) is 3.15. The number of carbonyl (C=O) groups is 1. The highest BCUT2D eigenvalue weighted by molar-refractivity contribution is 9.10. The molecule has 0 bridgehead atoms. The van der Waals surface area contributed by atoms with Gasteiger partial charge in [0.05, 0.1) is 18.1 Å². The first kappa shape index (κ1) is 9.85. The van der Waals surface area contributed by atoms with Gasteiger partial charge in [0.15, 0.2) is 0 Å². The lowest BCUT2D eigenvalue weighted by Crippen LogP contribution is -2.07. The average molecular weight is 242 g/mol. The van der Waals surface area contributed by atoms with Crippen molar-refractivity contribution < 1.29 is 4.79 Å². The molecule has 5 heteroatoms. The molecule has 0 unspecified atom stereocenters. The van der Waals surface area contributed by atoms with Crippen molar-refractivity contribution in [2.24, 2.45) is 5.73 Å². The van der Waals surface area contributed by atoms with E-state index in [1.807, 2.05) is 0 Å². The van der Waals surface area contributed by atoms with E-state index in [2.05, 4.69) is 25.9 Å². The summed E-state index contributed by atoms with van der Waals surface area (Å²) < 4.78 is 0.680. The Labute approximate surface area is 84.0 Å². The second-order valence-electron chi connectivity index (χ2n) is 2.34. The van der Waals surface area contributed by atoms with E-state index < -0.39 is 0 Å². The number of hydrogen-bond donors (Lipinski definition) is 1. The van der Waals surface area contributed by atoms with Gasteiger partial charge in [-0.25, -0.2) is 4.98 Å². The zero-order chi connectivity index (χ0) is 9.68. The second kappa shape index (κ2) is 4.71. The lowest BCUT2D eigenvalue weighted by molar-refractivity contribution is -0.117. The summed E-state index contributed by atoms with van der Waals surface area (Å²) in [6.07, 6.45) is 6.76. The van der Waals surface area contributed by atoms with Crippen molar-refractivity contribution in [2.45, 2.75) is 6.42 Å². The van der Waals surface area contributed by atoms with Crippen molar-refractivity contribution in [3.63, 3.8) is 0 Å². The van der Waals surface area contributed by atoms with Crippen LogP contribution in [0, 0.1) is 0 Å². The van der Waals surface area contributed by atoms with Gasteiger partial charge in [-0.3, -0.25) is 9.78 Å². The molecule has 1 aromatic rings. The van der Waals surface area contributed by atoms with Crippen molar-refractivity contribution in [3.05, 3.63) is 28.8 Å². The summed E-state index contributed by atoms with van der Waals surface area (Å²) in [6, 6.07) is 0. The summed E-state index contributed by atoms with van der Waals surface area (Å²) in [7, 11) is 0. The molecule has 1 rings (SSSR count). The van der Waals surface area contributed by atoms with E-state index in [0.29, 0.717) is 10.3 Å². The minimum Gasteiger partial charge on any atom is -0.369 e. The normalized spacial score (nSPS) is 10.5. The summed E-state index contributed by atoms with van der Waals surface area (Å²) in [6.45, 7) is 0. The van der Waals surface area contributed by atoms with Gasteiger partial charge in [0.25, 0.3) is 0 Å². The van der Waals surface area contributed by atoms with Crippen LogP contribution in [0.4, 0.5) is 0 Å². The van der Waals surface area contributed by atoms with E-state index in [4.69, 9.17) is 5.73 Å². The number of hydrogen-bond acceptors (Lipinski definition) is 3. The monoisotopic (exact) mass is 241 g/mol. The predicted molar refractivity (Wildman–Crippen MR) is 52.6 cm³/mol. The number of primary amides is 1. The maximum atomic E-state index is 10.4. The van der Waals surface area contributed by atoms with Crippen LogP contribution in [0.25, 0.3) is 6.08 Å². The van der Waals surface area contributed by atoms with Crippen molar-refractivity contribution in [1.82, 2.24) is 9.97 Å². The van der Waals surface area contributed by atoms with Crippen LogP contribution in [0.3, 0.4) is 0 Å². The largest absolute Gasteiger partial charge is 0.369 e. The van der Waals surface area contributed by atoms with Crippen molar-refractivity contribution in [2.75, 3.05) is 0 Å². The van der Waals surface area contributed by atoms with Crippen LogP contribution in [-0.4, -0.2) is 15.9 Å². The van der Waals surface area contributed by atoms with Crippen LogP contribution in [0.15, 0.2) is 23.1 Å². The van der Waals surface area contributed by atoms with Crippen LogP contribution in [0.1, 0.15) is 12.1 Å². The highest BCUT2D eigenvalue weighted by atomic mass is 79.9. The van der Waals surface area contributed by atoms with Gasteiger partial charge >= 0.3 is 0 Å². The lowest BCUT2D eigenvalue weighted by atomic mass is 10.3. The molecular formula is C8H8BrN3O. The quantitative estimate of drug-likeness (QED) is 0.863. The fourth-order valence-electron chi connectivity index (χ4n) is 0.704. The highest BCUT2D eigenvalue weighted by Gasteiger charge is 1.91. The summed E-state index contributed by atoms with van der Waals surface area (Å²) in [5.41, 5.74) is 5.65. The molecular weight excluding hydrogens is 234 g/mol. The van der Waals surface area contributed by atoms with Crippen molar-refractivity contribution in [1.29, 1.82) is 0 Å². The Bertz CT molecular complexity index is 321. The topological polar surface area (TPSA) is 68.9 Å². The minimum absolute atomic E-state index is 0.220. The molecule has 0 saturated heterocycles. The van der Waals surface area contributed by atoms with Gasteiger partial charge < -0.3 is 5.73 Å². The van der Waals surface area contributed by atoms with Gasteiger partial charge in [-0.1, -0.05) is 6.08 Å². The van der Waals surface area contributed by atoms with Gasteiger partial charge in [-0.2, -0.15) is 0 Å². The third-order valence-electron chi connectivity index (χ3n) is 1.25. The van der Waals surface area contributed by atoms with Gasteiger partial charge in [0.2, 0.25) is 5.91 Å². The molecule has 0 aliphatic carbocycles. The van der Waals surface area contributed by atoms with Crippen LogP contribution in [0.5, 0.6) is 0 Å². The molecule has 1 heterocycles. The fourth-order valence-corrected chi connectivity index (χ4v) is 0.909. The number of rotatable bonds is 3. The number of nitrogens with zero attached hydrogens (tertiary/aromatic N) is 2. The summed E-state index contributed by atoms with van der Waals surface area (Å²) in [4.78, 5) is 18.4. The molecule has 0 aliphatic rings. The number of carbonyl (C=O) groups excluding carboxylic acids is 1. The van der Waals surface area contributed by atoms with Crippen LogP contribution in [0.2, 0.25) is 0 Å². The van der Waals surface area contributed by atoms with Crippen LogP contribution < -0.4 is 5.73 Å². The Morgan fingerprint density at radius 3 is 2.85 bits per heavy atom. The molecule has 0 fully saturated rings. The van der Waals surface area contributed by atoms with Gasteiger partial charge in [-0.15, -0.1) is 0 Å². The summed E-state index contributed by atoms with van der Waals surface area (Å²) in [5.74, 6) is -0.360. The van der Waals surface area contributed by atoms with E-state index in [9.17, 15) is 4.79 Å². The Kier molecular flexibility index (Phi) is 3.57. The van der Waals surface area contributed by atoms with E-state index in [-0.39, 0.29) is 12.3 Å². The SMILES string of the molecule is NC(=O)CC=Cc1cnc(Br)cn1. The zero-order valence-corrected chi connectivity index (χ0v) is 8.36. The van der Waals surface area contributed by atoms with Gasteiger partial charge in [-0.05, 0) is 22.0 Å². The molecule has 1 amide bonds. The number of amides is 1. The number of nitrogens with two attached hydrogens (primary N) is 1. The van der Waals surface area contributed by atoms with Crippen LogP contribution in [-0.2, 0) is 4.79 Å². The number of halogens is 1. The fraction of sp³-hybridized carbons (Fsp3) is 0.125. The third-order valence-corrected chi connectivity index (χ3v) is 1.66. The Morgan fingerprint density at radius 2 is 2.31 bits per heavy atom. The Hall–Kier alpha value is -1.23. The van der Waals surface area contributed by atoms with Gasteiger partial charge in [0, 0.05) is 6.42 Å². The van der Waals surface area contributed by atoms with Crippen LogP contribution >= 0.6 is 15.9 Å². The molecule has 0 radical (unpaired) electrons. The number of aromatic nitrogens is 2. The average Bonchev–Trinajstić information content (AvgIpc) is 2.08. The maximum absolute atomic E-state index is 10.4. The molecule has 0 saturated carbocycles. The predicted octanol–water partition coefficient (Wildman–Crippen LogP) is 1.13. The Balaban J connectivity index is 2.59. The summed E-state index contributed by atoms with van der Waals surface area (Å²) in [5, 5.41) is 0. The molecule has 4 nitrogen and oxygen atoms in total. The minimum atomic E-state index is -0.360. The molecule has 0 atom stereocenters. The maximum Gasteiger partial charge on any atom is 0.221 e. The molecule has 0 aromatic carbocycles. The van der Waals surface area contributed by atoms with E-state index in [1.165, 1.54) is 0 Å². The van der Waals surface area contributed by atoms with E-state index >= 15 is 0 Å². The Morgan fingerprint density at radius 1 is 1.54 bits per heavy atom. The standard InChI is InChI=1S/C8H8BrN3O/c9-7-5-11-6(4-12-7)2-1-3-8(10)13/h1-2,4-5H,3H2,(H2,10,13). The van der Waals surface area contributed by atoms with Gasteiger partial charge in [0.1, 0.15) is 4.60 Å². The zero-order valence-electron chi connectivity index (χ0n) is 6.77. The smallest absolute Gasteiger partial charge is 0.221 e. The van der Waals surface area contributed by atoms with E-state index in [1.54, 1.807) is 24.5 Å². The highest BCUT2D eigenvalue weighted by Crippen LogP contribution is 2.03. The molecule has 0 spiro atoms. The molecule has 2 N–H and O–H groups in total. The van der Waals surface area contributed by atoms with Crippen molar-refractivity contribution >= 4 is 27.9 Å². The first-order valence-corrected chi connectivity index (χ1v) is 4.40. The molecule has 68 valence electrons. The third kappa shape index (κ3) is 3.80. The lowest BCUT2D eigenvalue weighted by Gasteiger charge is -1.91.